The standard InChI is InChI=1S/C21H30N2O5/c1-20(2,3)28-18(25)22-14-21(15-22)11-17(12-24)9-10-23(21)19(26)27-13-16-7-5-4-6-8-16/h4-8,17,24H,9-15H2,1-3H3. The van der Waals surface area contributed by atoms with Crippen LogP contribution in [0.3, 0.4) is 0 Å². The Morgan fingerprint density at radius 3 is 2.46 bits per heavy atom. The molecule has 1 spiro atoms. The number of likely N-dealkylation sites (tertiary alicyclic amines) is 2. The quantitative estimate of drug-likeness (QED) is 0.858. The number of benzene rings is 1. The van der Waals surface area contributed by atoms with Crippen molar-refractivity contribution >= 4 is 12.2 Å². The normalized spacial score (nSPS) is 21.2. The van der Waals surface area contributed by atoms with E-state index >= 15 is 0 Å². The van der Waals surface area contributed by atoms with Gasteiger partial charge in [-0.2, -0.15) is 0 Å². The maximum atomic E-state index is 12.8. The van der Waals surface area contributed by atoms with Crippen molar-refractivity contribution in [3.8, 4) is 0 Å². The smallest absolute Gasteiger partial charge is 0.410 e. The Morgan fingerprint density at radius 1 is 1.18 bits per heavy atom. The molecule has 0 aliphatic carbocycles. The minimum atomic E-state index is -0.561. The molecule has 154 valence electrons. The van der Waals surface area contributed by atoms with E-state index in [-0.39, 0.29) is 31.3 Å². The van der Waals surface area contributed by atoms with Gasteiger partial charge in [0, 0.05) is 26.2 Å². The maximum Gasteiger partial charge on any atom is 0.410 e. The molecule has 2 heterocycles. The lowest BCUT2D eigenvalue weighted by Gasteiger charge is -2.58. The zero-order valence-corrected chi connectivity index (χ0v) is 16.9. The fourth-order valence-electron chi connectivity index (χ4n) is 3.96. The Balaban J connectivity index is 1.64. The van der Waals surface area contributed by atoms with Crippen LogP contribution in [0.2, 0.25) is 0 Å². The minimum Gasteiger partial charge on any atom is -0.445 e. The van der Waals surface area contributed by atoms with Crippen LogP contribution in [0.1, 0.15) is 39.2 Å². The predicted molar refractivity (Wildman–Crippen MR) is 104 cm³/mol. The molecule has 2 amide bonds. The number of aliphatic hydroxyl groups is 1. The van der Waals surface area contributed by atoms with Crippen LogP contribution in [0, 0.1) is 5.92 Å². The third kappa shape index (κ3) is 4.58. The highest BCUT2D eigenvalue weighted by Gasteiger charge is 2.55. The van der Waals surface area contributed by atoms with E-state index in [0.29, 0.717) is 26.1 Å². The van der Waals surface area contributed by atoms with Gasteiger partial charge in [0.1, 0.15) is 12.2 Å². The molecule has 2 aliphatic rings. The summed E-state index contributed by atoms with van der Waals surface area (Å²) in [6.07, 6.45) is 0.639. The number of hydrogen-bond donors (Lipinski definition) is 1. The van der Waals surface area contributed by atoms with Crippen molar-refractivity contribution in [1.29, 1.82) is 0 Å². The predicted octanol–water partition coefficient (Wildman–Crippen LogP) is 3.02. The first-order chi connectivity index (χ1) is 13.2. The van der Waals surface area contributed by atoms with Gasteiger partial charge in [-0.3, -0.25) is 4.90 Å². The van der Waals surface area contributed by atoms with Crippen LogP contribution in [0.5, 0.6) is 0 Å². The number of piperidine rings is 1. The molecule has 0 aromatic heterocycles. The van der Waals surface area contributed by atoms with E-state index in [1.807, 2.05) is 51.1 Å². The molecule has 0 radical (unpaired) electrons. The summed E-state index contributed by atoms with van der Waals surface area (Å²) in [4.78, 5) is 28.5. The van der Waals surface area contributed by atoms with E-state index in [1.165, 1.54) is 0 Å². The highest BCUT2D eigenvalue weighted by atomic mass is 16.6. The second-order valence-corrected chi connectivity index (χ2v) is 8.79. The third-order valence-corrected chi connectivity index (χ3v) is 5.31. The minimum absolute atomic E-state index is 0.0844. The lowest BCUT2D eigenvalue weighted by Crippen LogP contribution is -2.74. The maximum absolute atomic E-state index is 12.8. The van der Waals surface area contributed by atoms with Gasteiger partial charge in [-0.25, -0.2) is 9.59 Å². The highest BCUT2D eigenvalue weighted by Crippen LogP contribution is 2.40. The average molecular weight is 390 g/mol. The highest BCUT2D eigenvalue weighted by molar-refractivity contribution is 5.73. The molecule has 1 atom stereocenters. The van der Waals surface area contributed by atoms with Gasteiger partial charge in [0.15, 0.2) is 0 Å². The molecule has 1 unspecified atom stereocenters. The van der Waals surface area contributed by atoms with Gasteiger partial charge in [0.2, 0.25) is 0 Å². The summed E-state index contributed by atoms with van der Waals surface area (Å²) in [5.41, 5.74) is -0.121. The molecule has 2 aliphatic heterocycles. The molecule has 1 N–H and O–H groups in total. The molecule has 0 bridgehead atoms. The molecule has 3 rings (SSSR count). The van der Waals surface area contributed by atoms with Crippen molar-refractivity contribution in [3.05, 3.63) is 35.9 Å². The van der Waals surface area contributed by atoms with E-state index in [1.54, 1.807) is 9.80 Å². The monoisotopic (exact) mass is 390 g/mol. The number of carbonyl (C=O) groups is 2. The number of aliphatic hydroxyl groups excluding tert-OH is 1. The summed E-state index contributed by atoms with van der Waals surface area (Å²) >= 11 is 0. The first-order valence-corrected chi connectivity index (χ1v) is 9.79. The molecule has 28 heavy (non-hydrogen) atoms. The number of carbonyl (C=O) groups excluding carboxylic acids is 2. The molecule has 7 heteroatoms. The Hall–Kier alpha value is -2.28. The van der Waals surface area contributed by atoms with Crippen molar-refractivity contribution in [3.63, 3.8) is 0 Å². The Bertz CT molecular complexity index is 694. The van der Waals surface area contributed by atoms with Crippen LogP contribution in [-0.4, -0.2) is 64.5 Å². The fraction of sp³-hybridized carbons (Fsp3) is 0.619. The SMILES string of the molecule is CC(C)(C)OC(=O)N1CC2(CC(CO)CCN2C(=O)OCc2ccccc2)C1. The Labute approximate surface area is 166 Å². The van der Waals surface area contributed by atoms with Crippen molar-refractivity contribution in [1.82, 2.24) is 9.80 Å². The van der Waals surface area contributed by atoms with Crippen LogP contribution in [-0.2, 0) is 16.1 Å². The zero-order valence-electron chi connectivity index (χ0n) is 16.9. The fourth-order valence-corrected chi connectivity index (χ4v) is 3.96. The van der Waals surface area contributed by atoms with E-state index in [9.17, 15) is 14.7 Å². The summed E-state index contributed by atoms with van der Waals surface area (Å²) in [5, 5.41) is 9.61. The van der Waals surface area contributed by atoms with Crippen molar-refractivity contribution in [2.45, 2.75) is 51.4 Å². The van der Waals surface area contributed by atoms with Gasteiger partial charge in [-0.1, -0.05) is 30.3 Å². The Morgan fingerprint density at radius 2 is 1.86 bits per heavy atom. The van der Waals surface area contributed by atoms with Gasteiger partial charge in [-0.05, 0) is 45.1 Å². The molecular formula is C21H30N2O5. The summed E-state index contributed by atoms with van der Waals surface area (Å²) in [5.74, 6) is 0.124. The lowest BCUT2D eigenvalue weighted by molar-refractivity contribution is -0.0903. The number of amides is 2. The van der Waals surface area contributed by atoms with E-state index in [2.05, 4.69) is 0 Å². The van der Waals surface area contributed by atoms with Gasteiger partial charge in [0.25, 0.3) is 0 Å². The van der Waals surface area contributed by atoms with Crippen LogP contribution in [0.4, 0.5) is 9.59 Å². The number of rotatable bonds is 3. The van der Waals surface area contributed by atoms with Crippen LogP contribution in [0.25, 0.3) is 0 Å². The first kappa shape index (κ1) is 20.5. The van der Waals surface area contributed by atoms with Gasteiger partial charge < -0.3 is 19.5 Å². The summed E-state index contributed by atoms with van der Waals surface area (Å²) in [7, 11) is 0. The molecule has 1 aromatic carbocycles. The molecule has 2 fully saturated rings. The first-order valence-electron chi connectivity index (χ1n) is 9.79. The second-order valence-electron chi connectivity index (χ2n) is 8.79. The van der Waals surface area contributed by atoms with E-state index in [4.69, 9.17) is 9.47 Å². The lowest BCUT2D eigenvalue weighted by atomic mass is 9.75. The van der Waals surface area contributed by atoms with Crippen LogP contribution >= 0.6 is 0 Å². The zero-order chi connectivity index (χ0) is 20.4. The molecule has 7 nitrogen and oxygen atoms in total. The molecule has 2 saturated heterocycles. The van der Waals surface area contributed by atoms with Crippen LogP contribution in [0.15, 0.2) is 30.3 Å². The van der Waals surface area contributed by atoms with Crippen molar-refractivity contribution < 1.29 is 24.2 Å². The van der Waals surface area contributed by atoms with E-state index < -0.39 is 11.1 Å². The largest absolute Gasteiger partial charge is 0.445 e. The van der Waals surface area contributed by atoms with E-state index in [0.717, 1.165) is 12.0 Å². The van der Waals surface area contributed by atoms with Crippen molar-refractivity contribution in [2.24, 2.45) is 5.92 Å². The summed E-state index contributed by atoms with van der Waals surface area (Å²) in [6.45, 7) is 7.10. The summed E-state index contributed by atoms with van der Waals surface area (Å²) in [6, 6.07) is 9.55. The molecular weight excluding hydrogens is 360 g/mol. The van der Waals surface area contributed by atoms with Gasteiger partial charge >= 0.3 is 12.2 Å². The van der Waals surface area contributed by atoms with Gasteiger partial charge in [-0.15, -0.1) is 0 Å². The average Bonchev–Trinajstić information content (AvgIpc) is 2.63. The molecule has 0 saturated carbocycles. The van der Waals surface area contributed by atoms with Crippen LogP contribution < -0.4 is 0 Å². The van der Waals surface area contributed by atoms with Crippen molar-refractivity contribution in [2.75, 3.05) is 26.2 Å². The topological polar surface area (TPSA) is 79.3 Å². The number of nitrogens with zero attached hydrogens (tertiary/aromatic N) is 2. The second kappa shape index (κ2) is 7.99. The third-order valence-electron chi connectivity index (χ3n) is 5.31. The molecule has 1 aromatic rings. The van der Waals surface area contributed by atoms with Gasteiger partial charge in [0.05, 0.1) is 5.54 Å². The Kier molecular flexibility index (Phi) is 5.84. The number of ether oxygens (including phenoxy) is 2. The summed E-state index contributed by atoms with van der Waals surface area (Å²) < 4.78 is 11.0. The number of hydrogen-bond acceptors (Lipinski definition) is 5.